The van der Waals surface area contributed by atoms with Crippen molar-refractivity contribution in [2.75, 3.05) is 0 Å². The number of H-pyrrole nitrogens is 1. The van der Waals surface area contributed by atoms with E-state index in [1.165, 1.54) is 0 Å². The van der Waals surface area contributed by atoms with Crippen molar-refractivity contribution < 1.29 is 5.21 Å². The van der Waals surface area contributed by atoms with Gasteiger partial charge in [-0.3, -0.25) is 0 Å². The van der Waals surface area contributed by atoms with Gasteiger partial charge in [0.1, 0.15) is 0 Å². The van der Waals surface area contributed by atoms with Crippen molar-refractivity contribution in [1.29, 1.82) is 0 Å². The third-order valence-electron chi connectivity index (χ3n) is 2.41. The fourth-order valence-electron chi connectivity index (χ4n) is 1.79. The number of benzene rings is 1. The van der Waals surface area contributed by atoms with Gasteiger partial charge in [-0.15, -0.1) is 0 Å². The number of aryl methyl sites for hydroxylation is 1. The van der Waals surface area contributed by atoms with E-state index in [1.54, 1.807) is 6.92 Å². The molecule has 1 heterocycles. The van der Waals surface area contributed by atoms with Crippen LogP contribution in [0, 0.1) is 6.92 Å². The van der Waals surface area contributed by atoms with Crippen molar-refractivity contribution in [3.8, 4) is 0 Å². The molecule has 3 heteroatoms. The first-order chi connectivity index (χ1) is 6.74. The van der Waals surface area contributed by atoms with Crippen LogP contribution in [0.5, 0.6) is 0 Å². The maximum absolute atomic E-state index is 8.76. The van der Waals surface area contributed by atoms with Gasteiger partial charge in [-0.25, -0.2) is 0 Å². The van der Waals surface area contributed by atoms with Crippen LogP contribution in [-0.2, 0) is 0 Å². The molecule has 0 fully saturated rings. The molecule has 0 aliphatic carbocycles. The summed E-state index contributed by atoms with van der Waals surface area (Å²) in [5.41, 5.74) is 3.73. The van der Waals surface area contributed by atoms with Crippen molar-refractivity contribution in [3.63, 3.8) is 0 Å². The lowest BCUT2D eigenvalue weighted by Crippen LogP contribution is -1.95. The molecular formula is C11H12N2O. The number of aromatic amines is 1. The van der Waals surface area contributed by atoms with E-state index in [4.69, 9.17) is 5.21 Å². The van der Waals surface area contributed by atoms with Crippen LogP contribution in [0.2, 0.25) is 0 Å². The van der Waals surface area contributed by atoms with E-state index in [1.807, 2.05) is 31.2 Å². The van der Waals surface area contributed by atoms with E-state index in [2.05, 4.69) is 10.1 Å². The van der Waals surface area contributed by atoms with Gasteiger partial charge >= 0.3 is 0 Å². The van der Waals surface area contributed by atoms with Gasteiger partial charge < -0.3 is 10.2 Å². The second-order valence-corrected chi connectivity index (χ2v) is 3.36. The Balaban J connectivity index is 2.81. The maximum atomic E-state index is 8.76. The summed E-state index contributed by atoms with van der Waals surface area (Å²) in [4.78, 5) is 3.25. The van der Waals surface area contributed by atoms with E-state index in [0.29, 0.717) is 5.71 Å². The molecule has 0 amide bonds. The molecule has 3 nitrogen and oxygen atoms in total. The number of hydrogen-bond acceptors (Lipinski definition) is 2. The summed E-state index contributed by atoms with van der Waals surface area (Å²) in [5, 5.41) is 13.1. The van der Waals surface area contributed by atoms with Gasteiger partial charge in [0, 0.05) is 22.2 Å². The first kappa shape index (κ1) is 8.81. The first-order valence-corrected chi connectivity index (χ1v) is 4.50. The average Bonchev–Trinajstić information content (AvgIpc) is 2.53. The molecule has 0 bridgehead atoms. The summed E-state index contributed by atoms with van der Waals surface area (Å²) in [5.74, 6) is 0. The van der Waals surface area contributed by atoms with Gasteiger partial charge in [-0.2, -0.15) is 0 Å². The van der Waals surface area contributed by atoms with Crippen LogP contribution < -0.4 is 0 Å². The van der Waals surface area contributed by atoms with Gasteiger partial charge in [-0.1, -0.05) is 23.4 Å². The molecule has 2 rings (SSSR count). The molecule has 0 radical (unpaired) electrons. The zero-order valence-electron chi connectivity index (χ0n) is 8.20. The van der Waals surface area contributed by atoms with Gasteiger partial charge in [0.05, 0.1) is 5.71 Å². The lowest BCUT2D eigenvalue weighted by Gasteiger charge is -1.97. The van der Waals surface area contributed by atoms with Crippen molar-refractivity contribution in [2.45, 2.75) is 13.8 Å². The quantitative estimate of drug-likeness (QED) is 0.403. The molecule has 0 saturated heterocycles. The van der Waals surface area contributed by atoms with Crippen molar-refractivity contribution in [1.82, 2.24) is 4.98 Å². The van der Waals surface area contributed by atoms with Crippen LogP contribution in [0.3, 0.4) is 0 Å². The Labute approximate surface area is 82.1 Å². The highest BCUT2D eigenvalue weighted by molar-refractivity contribution is 6.10. The largest absolute Gasteiger partial charge is 0.411 e. The summed E-state index contributed by atoms with van der Waals surface area (Å²) in [6.07, 6.45) is 0. The molecule has 0 aliphatic rings. The summed E-state index contributed by atoms with van der Waals surface area (Å²) in [7, 11) is 0. The lowest BCUT2D eigenvalue weighted by molar-refractivity contribution is 0.319. The highest BCUT2D eigenvalue weighted by Crippen LogP contribution is 2.22. The van der Waals surface area contributed by atoms with Crippen molar-refractivity contribution in [3.05, 3.63) is 35.5 Å². The fourth-order valence-corrected chi connectivity index (χ4v) is 1.79. The number of oxime groups is 1. The van der Waals surface area contributed by atoms with Crippen LogP contribution in [0.25, 0.3) is 10.9 Å². The van der Waals surface area contributed by atoms with Crippen LogP contribution >= 0.6 is 0 Å². The molecule has 1 aromatic carbocycles. The molecule has 0 aliphatic heterocycles. The lowest BCUT2D eigenvalue weighted by atomic mass is 10.1. The molecule has 0 unspecified atom stereocenters. The number of aromatic nitrogens is 1. The summed E-state index contributed by atoms with van der Waals surface area (Å²) in [6, 6.07) is 7.98. The Morgan fingerprint density at radius 3 is 2.79 bits per heavy atom. The predicted octanol–water partition coefficient (Wildman–Crippen LogP) is 2.67. The third-order valence-corrected chi connectivity index (χ3v) is 2.41. The third kappa shape index (κ3) is 1.18. The van der Waals surface area contributed by atoms with E-state index >= 15 is 0 Å². The number of para-hydroxylation sites is 1. The van der Waals surface area contributed by atoms with Crippen molar-refractivity contribution in [2.24, 2.45) is 5.16 Å². The van der Waals surface area contributed by atoms with E-state index in [0.717, 1.165) is 22.2 Å². The van der Waals surface area contributed by atoms with E-state index in [-0.39, 0.29) is 0 Å². The predicted molar refractivity (Wildman–Crippen MR) is 57.0 cm³/mol. The van der Waals surface area contributed by atoms with Crippen LogP contribution in [0.4, 0.5) is 0 Å². The molecule has 1 aromatic heterocycles. The standard InChI is InChI=1S/C11H12N2O/c1-7-11(8(2)13-14)9-5-3-4-6-10(9)12-7/h3-6,12,14H,1-2H3/b13-8+. The summed E-state index contributed by atoms with van der Waals surface area (Å²) < 4.78 is 0. The van der Waals surface area contributed by atoms with Crippen LogP contribution in [0.15, 0.2) is 29.4 Å². The van der Waals surface area contributed by atoms with Gasteiger partial charge in [0.15, 0.2) is 0 Å². The topological polar surface area (TPSA) is 48.4 Å². The first-order valence-electron chi connectivity index (χ1n) is 4.50. The smallest absolute Gasteiger partial charge is 0.0861 e. The van der Waals surface area contributed by atoms with E-state index in [9.17, 15) is 0 Å². The summed E-state index contributed by atoms with van der Waals surface area (Å²) in [6.45, 7) is 3.77. The zero-order valence-corrected chi connectivity index (χ0v) is 8.20. The Hall–Kier alpha value is -1.77. The van der Waals surface area contributed by atoms with Gasteiger partial charge in [0.25, 0.3) is 0 Å². The Bertz CT molecular complexity index is 497. The molecule has 72 valence electrons. The Morgan fingerprint density at radius 1 is 1.36 bits per heavy atom. The minimum atomic E-state index is 0.639. The number of nitrogens with zero attached hydrogens (tertiary/aromatic N) is 1. The monoisotopic (exact) mass is 188 g/mol. The highest BCUT2D eigenvalue weighted by atomic mass is 16.4. The number of nitrogens with one attached hydrogen (secondary N) is 1. The molecule has 14 heavy (non-hydrogen) atoms. The van der Waals surface area contributed by atoms with Gasteiger partial charge in [-0.05, 0) is 19.9 Å². The molecule has 2 aromatic rings. The number of fused-ring (bicyclic) bond motifs is 1. The molecule has 2 N–H and O–H groups in total. The van der Waals surface area contributed by atoms with Gasteiger partial charge in [0.2, 0.25) is 0 Å². The molecule has 0 saturated carbocycles. The van der Waals surface area contributed by atoms with Crippen LogP contribution in [-0.4, -0.2) is 15.9 Å². The van der Waals surface area contributed by atoms with Crippen LogP contribution in [0.1, 0.15) is 18.2 Å². The highest BCUT2D eigenvalue weighted by Gasteiger charge is 2.10. The van der Waals surface area contributed by atoms with Crippen molar-refractivity contribution >= 4 is 16.6 Å². The second-order valence-electron chi connectivity index (χ2n) is 3.36. The SMILES string of the molecule is C/C(=N\O)c1c(C)[nH]c2ccccc12. The molecular weight excluding hydrogens is 176 g/mol. The zero-order chi connectivity index (χ0) is 10.1. The minimum Gasteiger partial charge on any atom is -0.411 e. The fraction of sp³-hybridized carbons (Fsp3) is 0.182. The number of rotatable bonds is 1. The molecule has 0 spiro atoms. The maximum Gasteiger partial charge on any atom is 0.0861 e. The van der Waals surface area contributed by atoms with E-state index < -0.39 is 0 Å². The second kappa shape index (κ2) is 3.18. The minimum absolute atomic E-state index is 0.639. The summed E-state index contributed by atoms with van der Waals surface area (Å²) >= 11 is 0. The Morgan fingerprint density at radius 2 is 2.07 bits per heavy atom. The number of hydrogen-bond donors (Lipinski definition) is 2. The molecule has 0 atom stereocenters. The normalized spacial score (nSPS) is 12.3. The average molecular weight is 188 g/mol. The Kier molecular flexibility index (Phi) is 2.00.